The lowest BCUT2D eigenvalue weighted by Gasteiger charge is -2.36. The number of hydrogen-bond acceptors (Lipinski definition) is 4. The third-order valence-electron chi connectivity index (χ3n) is 3.47. The highest BCUT2D eigenvalue weighted by atomic mass is 16.5. The van der Waals surface area contributed by atoms with Crippen molar-refractivity contribution in [2.75, 3.05) is 23.3 Å². The molecule has 0 unspecified atom stereocenters. The zero-order valence-corrected chi connectivity index (χ0v) is 14.2. The number of aromatic nitrogens is 1. The van der Waals surface area contributed by atoms with Crippen LogP contribution in [0.4, 0.5) is 11.5 Å². The van der Waals surface area contributed by atoms with E-state index < -0.39 is 0 Å². The highest BCUT2D eigenvalue weighted by Crippen LogP contribution is 2.21. The summed E-state index contributed by atoms with van der Waals surface area (Å²) in [7, 11) is 0. The van der Waals surface area contributed by atoms with Gasteiger partial charge in [0.25, 0.3) is 0 Å². The summed E-state index contributed by atoms with van der Waals surface area (Å²) in [6.45, 7) is 12.0. The molecule has 0 spiro atoms. The fraction of sp³-hybridized carbons (Fsp3) is 0.647. The van der Waals surface area contributed by atoms with E-state index in [2.05, 4.69) is 49.8 Å². The minimum absolute atomic E-state index is 0.0163. The van der Waals surface area contributed by atoms with Crippen LogP contribution in [0.25, 0.3) is 0 Å². The van der Waals surface area contributed by atoms with Crippen molar-refractivity contribution in [1.82, 2.24) is 4.98 Å². The summed E-state index contributed by atoms with van der Waals surface area (Å²) < 4.78 is 5.73. The molecule has 1 fully saturated rings. The number of amides is 1. The van der Waals surface area contributed by atoms with Gasteiger partial charge in [0, 0.05) is 19.5 Å². The smallest absolute Gasteiger partial charge is 0.224 e. The van der Waals surface area contributed by atoms with Gasteiger partial charge >= 0.3 is 0 Å². The molecule has 22 heavy (non-hydrogen) atoms. The van der Waals surface area contributed by atoms with Crippen LogP contribution >= 0.6 is 0 Å². The standard InChI is InChI=1S/C17H27N3O2/c1-12-10-20(11-13(2)22-12)15-7-6-14(9-18-15)19-16(21)8-17(3,4)5/h6-7,9,12-13H,8,10-11H2,1-5H3,(H,19,21)/t12-,13-/m0/s1. The number of carbonyl (C=O) groups is 1. The number of carbonyl (C=O) groups excluding carboxylic acids is 1. The first-order valence-electron chi connectivity index (χ1n) is 7.89. The number of pyridine rings is 1. The second-order valence-corrected chi connectivity index (χ2v) is 7.35. The maximum absolute atomic E-state index is 11.9. The zero-order chi connectivity index (χ0) is 16.3. The summed E-state index contributed by atoms with van der Waals surface area (Å²) in [6.07, 6.45) is 2.63. The summed E-state index contributed by atoms with van der Waals surface area (Å²) in [5, 5.41) is 2.90. The van der Waals surface area contributed by atoms with Gasteiger partial charge in [-0.05, 0) is 31.4 Å². The Morgan fingerprint density at radius 3 is 2.45 bits per heavy atom. The second-order valence-electron chi connectivity index (χ2n) is 7.35. The van der Waals surface area contributed by atoms with Crippen LogP contribution in [-0.2, 0) is 9.53 Å². The monoisotopic (exact) mass is 305 g/mol. The molecule has 1 aliphatic heterocycles. The SMILES string of the molecule is C[C@H]1CN(c2ccc(NC(=O)CC(C)(C)C)cn2)C[C@H](C)O1. The predicted octanol–water partition coefficient (Wildman–Crippen LogP) is 3.07. The second kappa shape index (κ2) is 6.65. The molecule has 0 aliphatic carbocycles. The van der Waals surface area contributed by atoms with E-state index in [0.717, 1.165) is 24.6 Å². The summed E-state index contributed by atoms with van der Waals surface area (Å²) in [5.74, 6) is 0.950. The normalized spacial score (nSPS) is 22.5. The van der Waals surface area contributed by atoms with Crippen molar-refractivity contribution in [3.8, 4) is 0 Å². The molecule has 0 bridgehead atoms. The van der Waals surface area contributed by atoms with Crippen molar-refractivity contribution in [1.29, 1.82) is 0 Å². The van der Waals surface area contributed by atoms with E-state index in [4.69, 9.17) is 4.74 Å². The van der Waals surface area contributed by atoms with Crippen molar-refractivity contribution >= 4 is 17.4 Å². The average molecular weight is 305 g/mol. The summed E-state index contributed by atoms with van der Waals surface area (Å²) >= 11 is 0. The number of anilines is 2. The Hall–Kier alpha value is -1.62. The van der Waals surface area contributed by atoms with Gasteiger partial charge in [-0.2, -0.15) is 0 Å². The molecule has 1 aromatic heterocycles. The number of rotatable bonds is 3. The quantitative estimate of drug-likeness (QED) is 0.932. The maximum atomic E-state index is 11.9. The summed E-state index contributed by atoms with van der Waals surface area (Å²) in [5.41, 5.74) is 0.727. The lowest BCUT2D eigenvalue weighted by Crippen LogP contribution is -2.45. The van der Waals surface area contributed by atoms with Crippen LogP contribution in [0.2, 0.25) is 0 Å². The van der Waals surface area contributed by atoms with Gasteiger partial charge in [-0.15, -0.1) is 0 Å². The molecule has 2 heterocycles. The van der Waals surface area contributed by atoms with E-state index in [0.29, 0.717) is 6.42 Å². The summed E-state index contributed by atoms with van der Waals surface area (Å²) in [6, 6.07) is 3.87. The molecule has 1 saturated heterocycles. The molecule has 1 aromatic rings. The van der Waals surface area contributed by atoms with E-state index in [9.17, 15) is 4.79 Å². The molecular formula is C17H27N3O2. The van der Waals surface area contributed by atoms with E-state index in [1.165, 1.54) is 0 Å². The third-order valence-corrected chi connectivity index (χ3v) is 3.47. The van der Waals surface area contributed by atoms with Gasteiger partial charge in [-0.1, -0.05) is 20.8 Å². The molecule has 1 aliphatic rings. The number of nitrogens with zero attached hydrogens (tertiary/aromatic N) is 2. The Labute approximate surface area is 133 Å². The first-order valence-corrected chi connectivity index (χ1v) is 7.89. The lowest BCUT2D eigenvalue weighted by molar-refractivity contribution is -0.117. The number of hydrogen-bond donors (Lipinski definition) is 1. The molecule has 2 rings (SSSR count). The fourth-order valence-corrected chi connectivity index (χ4v) is 2.70. The number of morpholine rings is 1. The Morgan fingerprint density at radius 2 is 1.95 bits per heavy atom. The molecule has 2 atom stereocenters. The van der Waals surface area contributed by atoms with E-state index >= 15 is 0 Å². The Morgan fingerprint density at radius 1 is 1.32 bits per heavy atom. The van der Waals surface area contributed by atoms with E-state index in [1.807, 2.05) is 12.1 Å². The van der Waals surface area contributed by atoms with Gasteiger partial charge in [0.1, 0.15) is 5.82 Å². The van der Waals surface area contributed by atoms with Crippen molar-refractivity contribution < 1.29 is 9.53 Å². The number of ether oxygens (including phenoxy) is 1. The fourth-order valence-electron chi connectivity index (χ4n) is 2.70. The largest absolute Gasteiger partial charge is 0.372 e. The van der Waals surface area contributed by atoms with Gasteiger partial charge in [-0.25, -0.2) is 4.98 Å². The molecular weight excluding hydrogens is 278 g/mol. The zero-order valence-electron chi connectivity index (χ0n) is 14.2. The van der Waals surface area contributed by atoms with Crippen LogP contribution in [0, 0.1) is 5.41 Å². The molecule has 1 amide bonds. The van der Waals surface area contributed by atoms with Crippen molar-refractivity contribution in [3.63, 3.8) is 0 Å². The average Bonchev–Trinajstić information content (AvgIpc) is 2.36. The topological polar surface area (TPSA) is 54.5 Å². The highest BCUT2D eigenvalue weighted by molar-refractivity contribution is 5.91. The maximum Gasteiger partial charge on any atom is 0.224 e. The van der Waals surface area contributed by atoms with Crippen LogP contribution in [0.5, 0.6) is 0 Å². The molecule has 0 radical (unpaired) electrons. The third kappa shape index (κ3) is 4.98. The molecule has 0 saturated carbocycles. The van der Waals surface area contributed by atoms with Crippen LogP contribution < -0.4 is 10.2 Å². The van der Waals surface area contributed by atoms with Gasteiger partial charge in [0.15, 0.2) is 0 Å². The van der Waals surface area contributed by atoms with Crippen LogP contribution in [-0.4, -0.2) is 36.2 Å². The molecule has 5 heteroatoms. The summed E-state index contributed by atoms with van der Waals surface area (Å²) in [4.78, 5) is 18.6. The number of nitrogens with one attached hydrogen (secondary N) is 1. The van der Waals surface area contributed by atoms with Crippen molar-refractivity contribution in [2.24, 2.45) is 5.41 Å². The Balaban J connectivity index is 1.97. The molecule has 0 aromatic carbocycles. The first kappa shape index (κ1) is 16.7. The minimum atomic E-state index is -0.0163. The van der Waals surface area contributed by atoms with Crippen LogP contribution in [0.1, 0.15) is 41.0 Å². The first-order chi connectivity index (χ1) is 10.2. The minimum Gasteiger partial charge on any atom is -0.372 e. The van der Waals surface area contributed by atoms with Gasteiger partial charge < -0.3 is 15.0 Å². The van der Waals surface area contributed by atoms with Gasteiger partial charge in [0.05, 0.1) is 24.1 Å². The van der Waals surface area contributed by atoms with Crippen LogP contribution in [0.15, 0.2) is 18.3 Å². The van der Waals surface area contributed by atoms with Crippen molar-refractivity contribution in [3.05, 3.63) is 18.3 Å². The van der Waals surface area contributed by atoms with Crippen molar-refractivity contribution in [2.45, 2.75) is 53.2 Å². The van der Waals surface area contributed by atoms with Gasteiger partial charge in [0.2, 0.25) is 5.91 Å². The van der Waals surface area contributed by atoms with Gasteiger partial charge in [-0.3, -0.25) is 4.79 Å². The lowest BCUT2D eigenvalue weighted by atomic mass is 9.92. The molecule has 1 N–H and O–H groups in total. The predicted molar refractivity (Wildman–Crippen MR) is 89.2 cm³/mol. The Kier molecular flexibility index (Phi) is 5.06. The van der Waals surface area contributed by atoms with Crippen LogP contribution in [0.3, 0.4) is 0 Å². The Bertz CT molecular complexity index is 498. The van der Waals surface area contributed by atoms with E-state index in [-0.39, 0.29) is 23.5 Å². The molecule has 122 valence electrons. The van der Waals surface area contributed by atoms with E-state index in [1.54, 1.807) is 6.20 Å². The highest BCUT2D eigenvalue weighted by Gasteiger charge is 2.23. The molecule has 5 nitrogen and oxygen atoms in total.